The van der Waals surface area contributed by atoms with Gasteiger partial charge in [0.2, 0.25) is 0 Å². The number of hydrogen-bond acceptors (Lipinski definition) is 4. The molecule has 0 saturated heterocycles. The Kier molecular flexibility index (Phi) is 4.26. The average molecular weight is 285 g/mol. The van der Waals surface area contributed by atoms with Crippen molar-refractivity contribution < 1.29 is 14.3 Å². The lowest BCUT2D eigenvalue weighted by Gasteiger charge is -2.03. The highest BCUT2D eigenvalue weighted by atomic mass is 79.9. The first-order chi connectivity index (χ1) is 7.65. The summed E-state index contributed by atoms with van der Waals surface area (Å²) < 4.78 is 6.44. The van der Waals surface area contributed by atoms with Crippen molar-refractivity contribution in [3.8, 4) is 11.8 Å². The third-order valence-corrected chi connectivity index (χ3v) is 2.46. The number of carbonyl (C=O) groups is 2. The topological polar surface area (TPSA) is 61.2 Å². The lowest BCUT2D eigenvalue weighted by atomic mass is 10.3. The molecule has 0 radical (unpaired) electrons. The summed E-state index contributed by atoms with van der Waals surface area (Å²) >= 11 is 3.15. The molecule has 0 unspecified atom stereocenters. The van der Waals surface area contributed by atoms with Crippen molar-refractivity contribution in [2.45, 2.75) is 13.5 Å². The Morgan fingerprint density at radius 3 is 2.88 bits per heavy atom. The Balaban J connectivity index is 3.31. The van der Waals surface area contributed by atoms with E-state index in [1.54, 1.807) is 6.92 Å². The molecule has 0 bridgehead atoms. The molecule has 5 nitrogen and oxygen atoms in total. The van der Waals surface area contributed by atoms with E-state index in [0.717, 1.165) is 0 Å². The van der Waals surface area contributed by atoms with Gasteiger partial charge in [-0.1, -0.05) is 5.92 Å². The Morgan fingerprint density at radius 2 is 2.38 bits per heavy atom. The zero-order valence-electron chi connectivity index (χ0n) is 8.78. The van der Waals surface area contributed by atoms with Crippen LogP contribution in [-0.4, -0.2) is 28.9 Å². The summed E-state index contributed by atoms with van der Waals surface area (Å²) in [5.41, 5.74) is 0.142. The summed E-state index contributed by atoms with van der Waals surface area (Å²) in [6.07, 6.45) is 0.507. The van der Waals surface area contributed by atoms with Gasteiger partial charge in [-0.15, -0.1) is 5.92 Å². The first-order valence-electron chi connectivity index (χ1n) is 4.34. The fourth-order valence-electron chi connectivity index (χ4n) is 1.14. The Morgan fingerprint density at radius 1 is 1.69 bits per heavy atom. The van der Waals surface area contributed by atoms with Gasteiger partial charge in [0.15, 0.2) is 16.7 Å². The van der Waals surface area contributed by atoms with Gasteiger partial charge in [0.25, 0.3) is 0 Å². The molecule has 0 fully saturated rings. The summed E-state index contributed by atoms with van der Waals surface area (Å²) in [4.78, 5) is 26.1. The fourth-order valence-corrected chi connectivity index (χ4v) is 1.63. The van der Waals surface area contributed by atoms with Gasteiger partial charge in [0.1, 0.15) is 5.69 Å². The molecule has 1 heterocycles. The number of ether oxygens (including phenoxy) is 1. The van der Waals surface area contributed by atoms with Gasteiger partial charge in [0.05, 0.1) is 13.7 Å². The minimum Gasteiger partial charge on any atom is -0.464 e. The van der Waals surface area contributed by atoms with E-state index in [9.17, 15) is 9.59 Å². The SMILES string of the molecule is CC#CCn1c(Br)nc(C=O)c1C(=O)OC. The van der Waals surface area contributed by atoms with Crippen LogP contribution in [-0.2, 0) is 11.3 Å². The number of halogens is 1. The molecular weight excluding hydrogens is 276 g/mol. The lowest BCUT2D eigenvalue weighted by Crippen LogP contribution is -2.12. The summed E-state index contributed by atoms with van der Waals surface area (Å²) in [5, 5.41) is 0. The molecule has 84 valence electrons. The molecule has 1 rings (SSSR count). The van der Waals surface area contributed by atoms with Crippen molar-refractivity contribution in [1.82, 2.24) is 9.55 Å². The minimum absolute atomic E-state index is 0.0385. The number of carbonyl (C=O) groups excluding carboxylic acids is 2. The first-order valence-corrected chi connectivity index (χ1v) is 5.14. The number of esters is 1. The van der Waals surface area contributed by atoms with Gasteiger partial charge < -0.3 is 9.30 Å². The normalized spacial score (nSPS) is 9.19. The zero-order valence-corrected chi connectivity index (χ0v) is 10.4. The Hall–Kier alpha value is -1.61. The van der Waals surface area contributed by atoms with Crippen molar-refractivity contribution in [3.63, 3.8) is 0 Å². The number of aldehydes is 1. The molecule has 0 N–H and O–H groups in total. The van der Waals surface area contributed by atoms with Crippen LogP contribution >= 0.6 is 15.9 Å². The number of hydrogen-bond donors (Lipinski definition) is 0. The van der Waals surface area contributed by atoms with Crippen LogP contribution in [0.5, 0.6) is 0 Å². The van der Waals surface area contributed by atoms with E-state index >= 15 is 0 Å². The van der Waals surface area contributed by atoms with E-state index in [2.05, 4.69) is 37.5 Å². The van der Waals surface area contributed by atoms with E-state index < -0.39 is 5.97 Å². The molecule has 0 aliphatic rings. The number of nitrogens with zero attached hydrogens (tertiary/aromatic N) is 2. The second-order valence-electron chi connectivity index (χ2n) is 2.74. The molecule has 16 heavy (non-hydrogen) atoms. The molecule has 0 amide bonds. The number of methoxy groups -OCH3 is 1. The van der Waals surface area contributed by atoms with Crippen LogP contribution in [0.4, 0.5) is 0 Å². The quantitative estimate of drug-likeness (QED) is 0.476. The molecule has 0 atom stereocenters. The van der Waals surface area contributed by atoms with Crippen molar-refractivity contribution in [1.29, 1.82) is 0 Å². The summed E-state index contributed by atoms with van der Waals surface area (Å²) in [7, 11) is 1.24. The highest BCUT2D eigenvalue weighted by Gasteiger charge is 2.21. The van der Waals surface area contributed by atoms with Crippen LogP contribution in [0.3, 0.4) is 0 Å². The van der Waals surface area contributed by atoms with E-state index in [1.165, 1.54) is 11.7 Å². The number of imidazole rings is 1. The van der Waals surface area contributed by atoms with Gasteiger partial charge in [-0.2, -0.15) is 0 Å². The smallest absolute Gasteiger partial charge is 0.357 e. The molecule has 0 aromatic carbocycles. The van der Waals surface area contributed by atoms with Crippen LogP contribution in [0.15, 0.2) is 4.73 Å². The largest absolute Gasteiger partial charge is 0.464 e. The maximum absolute atomic E-state index is 11.5. The van der Waals surface area contributed by atoms with Gasteiger partial charge in [-0.25, -0.2) is 9.78 Å². The Labute approximate surface area is 101 Å². The highest BCUT2D eigenvalue weighted by molar-refractivity contribution is 9.10. The summed E-state index contributed by atoms with van der Waals surface area (Å²) in [5.74, 6) is 4.86. The minimum atomic E-state index is -0.613. The Bertz CT molecular complexity index is 482. The molecular formula is C10H9BrN2O3. The van der Waals surface area contributed by atoms with Crippen molar-refractivity contribution in [2.24, 2.45) is 0 Å². The average Bonchev–Trinajstić information content (AvgIpc) is 2.62. The van der Waals surface area contributed by atoms with Crippen molar-refractivity contribution in [3.05, 3.63) is 16.1 Å². The van der Waals surface area contributed by atoms with E-state index in [0.29, 0.717) is 11.0 Å². The molecule has 0 saturated carbocycles. The zero-order chi connectivity index (χ0) is 12.1. The van der Waals surface area contributed by atoms with E-state index in [-0.39, 0.29) is 17.9 Å². The van der Waals surface area contributed by atoms with Crippen LogP contribution in [0, 0.1) is 11.8 Å². The van der Waals surface area contributed by atoms with Gasteiger partial charge in [0, 0.05) is 0 Å². The van der Waals surface area contributed by atoms with Crippen molar-refractivity contribution in [2.75, 3.05) is 7.11 Å². The second kappa shape index (κ2) is 5.47. The molecule has 0 spiro atoms. The molecule has 1 aromatic heterocycles. The maximum atomic E-state index is 11.5. The summed E-state index contributed by atoms with van der Waals surface area (Å²) in [6.45, 7) is 1.95. The predicted octanol–water partition coefficient (Wildman–Crippen LogP) is 1.27. The second-order valence-corrected chi connectivity index (χ2v) is 3.45. The predicted molar refractivity (Wildman–Crippen MR) is 60.1 cm³/mol. The third-order valence-electron chi connectivity index (χ3n) is 1.85. The fraction of sp³-hybridized carbons (Fsp3) is 0.300. The third kappa shape index (κ3) is 2.31. The molecule has 0 aliphatic heterocycles. The van der Waals surface area contributed by atoms with Gasteiger partial charge in [-0.3, -0.25) is 4.79 Å². The monoisotopic (exact) mass is 284 g/mol. The first kappa shape index (κ1) is 12.5. The van der Waals surface area contributed by atoms with Crippen LogP contribution in [0.1, 0.15) is 27.9 Å². The molecule has 0 aliphatic carbocycles. The molecule has 6 heteroatoms. The van der Waals surface area contributed by atoms with Crippen LogP contribution in [0.2, 0.25) is 0 Å². The van der Waals surface area contributed by atoms with E-state index in [1.807, 2.05) is 0 Å². The number of rotatable bonds is 3. The number of aromatic nitrogens is 2. The lowest BCUT2D eigenvalue weighted by molar-refractivity contribution is 0.0586. The maximum Gasteiger partial charge on any atom is 0.357 e. The highest BCUT2D eigenvalue weighted by Crippen LogP contribution is 2.16. The van der Waals surface area contributed by atoms with Gasteiger partial charge in [-0.05, 0) is 22.9 Å². The van der Waals surface area contributed by atoms with Crippen LogP contribution < -0.4 is 0 Å². The standard InChI is InChI=1S/C10H9BrN2O3/c1-3-4-5-13-8(9(15)16-2)7(6-14)12-10(13)11/h6H,5H2,1-2H3. The molecule has 1 aromatic rings. The van der Waals surface area contributed by atoms with Crippen molar-refractivity contribution >= 4 is 28.2 Å². The van der Waals surface area contributed by atoms with E-state index in [4.69, 9.17) is 0 Å². The van der Waals surface area contributed by atoms with Crippen LogP contribution in [0.25, 0.3) is 0 Å². The van der Waals surface area contributed by atoms with Gasteiger partial charge >= 0.3 is 5.97 Å². The summed E-state index contributed by atoms with van der Waals surface area (Å²) in [6, 6.07) is 0.